The van der Waals surface area contributed by atoms with Crippen LogP contribution in [0.15, 0.2) is 6.07 Å². The molecule has 0 aromatic carbocycles. The summed E-state index contributed by atoms with van der Waals surface area (Å²) in [5.41, 5.74) is 0.779. The van der Waals surface area contributed by atoms with E-state index in [1.807, 2.05) is 20.0 Å². The van der Waals surface area contributed by atoms with Gasteiger partial charge in [0.15, 0.2) is 0 Å². The smallest absolute Gasteiger partial charge is 0.261 e. The Morgan fingerprint density at radius 1 is 1.48 bits per heavy atom. The summed E-state index contributed by atoms with van der Waals surface area (Å²) in [5, 5.41) is 11.1. The molecule has 3 heterocycles. The van der Waals surface area contributed by atoms with Crippen LogP contribution in [0.1, 0.15) is 28.7 Å². The van der Waals surface area contributed by atoms with Gasteiger partial charge in [-0.1, -0.05) is 0 Å². The van der Waals surface area contributed by atoms with Gasteiger partial charge in [-0.15, -0.1) is 11.3 Å². The number of amides is 2. The van der Waals surface area contributed by atoms with Crippen LogP contribution >= 0.6 is 11.3 Å². The van der Waals surface area contributed by atoms with Crippen LogP contribution in [0.2, 0.25) is 0 Å². The number of thiophene rings is 1. The summed E-state index contributed by atoms with van der Waals surface area (Å²) < 4.78 is 6.99. The van der Waals surface area contributed by atoms with Crippen LogP contribution < -0.4 is 10.6 Å². The number of carbonyl (C=O) groups excluding carboxylic acids is 2. The number of fused-ring (bicyclic) bond motifs is 1. The maximum atomic E-state index is 12.1. The maximum absolute atomic E-state index is 12.1. The lowest BCUT2D eigenvalue weighted by atomic mass is 10.1. The molecule has 2 aromatic rings. The largest absolute Gasteiger partial charge is 0.381 e. The molecule has 2 aromatic heterocycles. The average molecular weight is 336 g/mol. The lowest BCUT2D eigenvalue weighted by molar-refractivity contribution is -0.125. The maximum Gasteiger partial charge on any atom is 0.261 e. The van der Waals surface area contributed by atoms with Crippen molar-refractivity contribution >= 4 is 33.4 Å². The molecule has 1 saturated heterocycles. The molecule has 1 fully saturated rings. The minimum atomic E-state index is -0.0770. The van der Waals surface area contributed by atoms with E-state index in [0.29, 0.717) is 31.2 Å². The monoisotopic (exact) mass is 336 g/mol. The van der Waals surface area contributed by atoms with E-state index < -0.39 is 0 Å². The third-order valence-corrected chi connectivity index (χ3v) is 5.08. The fraction of sp³-hybridized carbons (Fsp3) is 0.533. The van der Waals surface area contributed by atoms with Crippen molar-refractivity contribution in [2.24, 2.45) is 13.0 Å². The van der Waals surface area contributed by atoms with Crippen LogP contribution in [0, 0.1) is 5.92 Å². The van der Waals surface area contributed by atoms with Crippen molar-refractivity contribution in [2.75, 3.05) is 19.8 Å². The van der Waals surface area contributed by atoms with Gasteiger partial charge in [-0.3, -0.25) is 14.3 Å². The van der Waals surface area contributed by atoms with E-state index in [0.717, 1.165) is 22.3 Å². The normalized spacial score (nSPS) is 17.6. The van der Waals surface area contributed by atoms with Crippen LogP contribution in [0.5, 0.6) is 0 Å². The van der Waals surface area contributed by atoms with Gasteiger partial charge in [0.2, 0.25) is 5.91 Å². The van der Waals surface area contributed by atoms with Gasteiger partial charge in [0.05, 0.1) is 29.6 Å². The number of rotatable bonds is 5. The molecule has 0 radical (unpaired) electrons. The molecule has 124 valence electrons. The SMILES string of the molecule is CCNC(=O)c1cc2c(CNC(=O)C3CCOC3)nn(C)c2s1. The van der Waals surface area contributed by atoms with E-state index in [2.05, 4.69) is 15.7 Å². The van der Waals surface area contributed by atoms with Crippen LogP contribution in [-0.4, -0.2) is 41.4 Å². The Bertz CT molecular complexity index is 730. The minimum absolute atomic E-state index is 0.000446. The lowest BCUT2D eigenvalue weighted by Gasteiger charge is -2.07. The second-order valence-corrected chi connectivity index (χ2v) is 6.57. The molecule has 1 aliphatic heterocycles. The molecule has 3 rings (SSSR count). The van der Waals surface area contributed by atoms with Crippen molar-refractivity contribution < 1.29 is 14.3 Å². The molecular weight excluding hydrogens is 316 g/mol. The molecule has 8 heteroatoms. The van der Waals surface area contributed by atoms with E-state index in [1.54, 1.807) is 4.68 Å². The highest BCUT2D eigenvalue weighted by Crippen LogP contribution is 2.28. The molecule has 0 spiro atoms. The molecule has 0 aliphatic carbocycles. The third kappa shape index (κ3) is 3.23. The first-order valence-corrected chi connectivity index (χ1v) is 8.51. The highest BCUT2D eigenvalue weighted by atomic mass is 32.1. The fourth-order valence-electron chi connectivity index (χ4n) is 2.66. The van der Waals surface area contributed by atoms with E-state index >= 15 is 0 Å². The third-order valence-electron chi connectivity index (χ3n) is 3.88. The highest BCUT2D eigenvalue weighted by Gasteiger charge is 2.24. The first kappa shape index (κ1) is 15.9. The van der Waals surface area contributed by atoms with E-state index in [-0.39, 0.29) is 17.7 Å². The summed E-state index contributed by atoms with van der Waals surface area (Å²) in [4.78, 5) is 25.6. The summed E-state index contributed by atoms with van der Waals surface area (Å²) in [6.45, 7) is 3.98. The van der Waals surface area contributed by atoms with Crippen LogP contribution in [0.25, 0.3) is 10.2 Å². The van der Waals surface area contributed by atoms with Gasteiger partial charge in [-0.05, 0) is 19.4 Å². The summed E-state index contributed by atoms with van der Waals surface area (Å²) in [6, 6.07) is 1.85. The predicted molar refractivity (Wildman–Crippen MR) is 87.4 cm³/mol. The Labute approximate surface area is 138 Å². The Balaban J connectivity index is 1.75. The van der Waals surface area contributed by atoms with Crippen molar-refractivity contribution in [1.29, 1.82) is 0 Å². The van der Waals surface area contributed by atoms with Gasteiger partial charge >= 0.3 is 0 Å². The zero-order chi connectivity index (χ0) is 16.4. The van der Waals surface area contributed by atoms with E-state index in [9.17, 15) is 9.59 Å². The Morgan fingerprint density at radius 3 is 3.00 bits per heavy atom. The minimum Gasteiger partial charge on any atom is -0.381 e. The molecule has 0 saturated carbocycles. The van der Waals surface area contributed by atoms with Gasteiger partial charge in [0, 0.05) is 25.6 Å². The van der Waals surface area contributed by atoms with Crippen molar-refractivity contribution in [3.05, 3.63) is 16.6 Å². The van der Waals surface area contributed by atoms with Crippen molar-refractivity contribution in [2.45, 2.75) is 19.9 Å². The summed E-state index contributed by atoms with van der Waals surface area (Å²) in [7, 11) is 1.84. The number of hydrogen-bond donors (Lipinski definition) is 2. The lowest BCUT2D eigenvalue weighted by Crippen LogP contribution is -2.30. The Morgan fingerprint density at radius 2 is 2.30 bits per heavy atom. The highest BCUT2D eigenvalue weighted by molar-refractivity contribution is 7.20. The number of nitrogens with zero attached hydrogens (tertiary/aromatic N) is 2. The predicted octanol–water partition coefficient (Wildman–Crippen LogP) is 1.04. The first-order chi connectivity index (χ1) is 11.1. The topological polar surface area (TPSA) is 85.2 Å². The number of ether oxygens (including phenoxy) is 1. The number of carbonyl (C=O) groups is 2. The van der Waals surface area contributed by atoms with Crippen LogP contribution in [-0.2, 0) is 23.1 Å². The van der Waals surface area contributed by atoms with Crippen molar-refractivity contribution in [3.8, 4) is 0 Å². The zero-order valence-corrected chi connectivity index (χ0v) is 14.0. The van der Waals surface area contributed by atoms with Crippen LogP contribution in [0.4, 0.5) is 0 Å². The molecular formula is C15H20N4O3S. The van der Waals surface area contributed by atoms with Gasteiger partial charge in [-0.25, -0.2) is 0 Å². The van der Waals surface area contributed by atoms with Gasteiger partial charge in [0.1, 0.15) is 4.83 Å². The average Bonchev–Trinajstić information content (AvgIpc) is 3.24. The number of hydrogen-bond acceptors (Lipinski definition) is 5. The first-order valence-electron chi connectivity index (χ1n) is 7.69. The standard InChI is InChI=1S/C15H20N4O3S/c1-3-16-14(21)12-6-10-11(18-19(2)15(10)23-12)7-17-13(20)9-4-5-22-8-9/h6,9H,3-5,7-8H2,1-2H3,(H,16,21)(H,17,20). The van der Waals surface area contributed by atoms with Crippen LogP contribution in [0.3, 0.4) is 0 Å². The molecule has 23 heavy (non-hydrogen) atoms. The fourth-order valence-corrected chi connectivity index (χ4v) is 3.67. The second-order valence-electron chi connectivity index (χ2n) is 5.54. The Kier molecular flexibility index (Phi) is 4.63. The summed E-state index contributed by atoms with van der Waals surface area (Å²) in [6.07, 6.45) is 0.767. The van der Waals surface area contributed by atoms with Crippen molar-refractivity contribution in [1.82, 2.24) is 20.4 Å². The van der Waals surface area contributed by atoms with Gasteiger partial charge < -0.3 is 15.4 Å². The molecule has 1 atom stereocenters. The van der Waals surface area contributed by atoms with E-state index in [4.69, 9.17) is 4.74 Å². The quantitative estimate of drug-likeness (QED) is 0.854. The summed E-state index contributed by atoms with van der Waals surface area (Å²) in [5.74, 6) is -0.144. The molecule has 7 nitrogen and oxygen atoms in total. The van der Waals surface area contributed by atoms with Gasteiger partial charge in [-0.2, -0.15) is 5.10 Å². The number of aryl methyl sites for hydroxylation is 1. The molecule has 1 aliphatic rings. The molecule has 0 bridgehead atoms. The molecule has 2 N–H and O–H groups in total. The second kappa shape index (κ2) is 6.67. The number of aromatic nitrogens is 2. The molecule has 1 unspecified atom stereocenters. The molecule has 2 amide bonds. The van der Waals surface area contributed by atoms with Gasteiger partial charge in [0.25, 0.3) is 5.91 Å². The van der Waals surface area contributed by atoms with E-state index in [1.165, 1.54) is 11.3 Å². The zero-order valence-electron chi connectivity index (χ0n) is 13.2. The Hall–Kier alpha value is -1.93. The summed E-state index contributed by atoms with van der Waals surface area (Å²) >= 11 is 1.41. The van der Waals surface area contributed by atoms with Crippen molar-refractivity contribution in [3.63, 3.8) is 0 Å². The number of nitrogens with one attached hydrogen (secondary N) is 2.